The van der Waals surface area contributed by atoms with E-state index in [0.29, 0.717) is 5.76 Å². The van der Waals surface area contributed by atoms with Crippen LogP contribution in [0.5, 0.6) is 0 Å². The van der Waals surface area contributed by atoms with Gasteiger partial charge in [-0.1, -0.05) is 0 Å². The van der Waals surface area contributed by atoms with Gasteiger partial charge in [0.05, 0.1) is 0 Å². The first kappa shape index (κ1) is 6.57. The van der Waals surface area contributed by atoms with E-state index in [2.05, 4.69) is 8.37 Å². The van der Waals surface area contributed by atoms with Crippen molar-refractivity contribution in [3.8, 4) is 0 Å². The second-order valence-electron chi connectivity index (χ2n) is 1.51. The molecule has 0 aromatic heterocycles. The second-order valence-corrected chi connectivity index (χ2v) is 2.73. The van der Waals surface area contributed by atoms with Crippen LogP contribution in [0, 0.1) is 0 Å². The Balaban J connectivity index is 2.81. The van der Waals surface area contributed by atoms with Gasteiger partial charge in [0.1, 0.15) is 12.4 Å². The molecule has 0 bridgehead atoms. The Hall–Kier alpha value is -0.550. The molecule has 1 aliphatic heterocycles. The van der Waals surface area contributed by atoms with Crippen LogP contribution in [0.3, 0.4) is 0 Å². The van der Waals surface area contributed by atoms with E-state index in [4.69, 9.17) is 0 Å². The fraction of sp³-hybridized carbons (Fsp3) is 0.500. The van der Waals surface area contributed by atoms with Gasteiger partial charge >= 0.3 is 10.4 Å². The van der Waals surface area contributed by atoms with Crippen LogP contribution in [-0.4, -0.2) is 15.0 Å². The molecule has 0 saturated carbocycles. The largest absolute Gasteiger partial charge is 0.449 e. The maximum atomic E-state index is 10.3. The smallest absolute Gasteiger partial charge is 0.364 e. The van der Waals surface area contributed by atoms with Crippen LogP contribution in [-0.2, 0) is 18.8 Å². The van der Waals surface area contributed by atoms with Gasteiger partial charge in [-0.25, -0.2) is 4.18 Å². The summed E-state index contributed by atoms with van der Waals surface area (Å²) in [5.74, 6) is 0.343. The zero-order valence-corrected chi connectivity index (χ0v) is 5.64. The molecule has 5 heteroatoms. The molecule has 1 saturated heterocycles. The van der Waals surface area contributed by atoms with E-state index in [1.54, 1.807) is 13.0 Å². The number of hydrogen-bond donors (Lipinski definition) is 0. The lowest BCUT2D eigenvalue weighted by molar-refractivity contribution is 0.360. The van der Waals surface area contributed by atoms with Gasteiger partial charge in [-0.05, 0) is 13.0 Å². The molecule has 1 fully saturated rings. The summed E-state index contributed by atoms with van der Waals surface area (Å²) in [7, 11) is -3.68. The Labute approximate surface area is 53.4 Å². The fourth-order valence-electron chi connectivity index (χ4n) is 0.441. The van der Waals surface area contributed by atoms with E-state index in [1.165, 1.54) is 0 Å². The minimum Gasteiger partial charge on any atom is -0.364 e. The molecule has 0 amide bonds. The molecule has 1 heterocycles. The van der Waals surface area contributed by atoms with Gasteiger partial charge in [0.25, 0.3) is 0 Å². The molecule has 0 spiro atoms. The Morgan fingerprint density at radius 3 is 2.56 bits per heavy atom. The zero-order chi connectivity index (χ0) is 6.91. The van der Waals surface area contributed by atoms with Gasteiger partial charge in [-0.2, -0.15) is 8.42 Å². The maximum Gasteiger partial charge on any atom is 0.449 e. The summed E-state index contributed by atoms with van der Waals surface area (Å²) < 4.78 is 29.2. The molecule has 0 N–H and O–H groups in total. The van der Waals surface area contributed by atoms with Crippen LogP contribution in [0.25, 0.3) is 0 Å². The van der Waals surface area contributed by atoms with Crippen molar-refractivity contribution >= 4 is 10.4 Å². The normalized spacial score (nSPS) is 28.3. The third-order valence-electron chi connectivity index (χ3n) is 0.877. The highest BCUT2D eigenvalue weighted by Gasteiger charge is 2.23. The van der Waals surface area contributed by atoms with E-state index < -0.39 is 10.4 Å². The van der Waals surface area contributed by atoms with Crippen LogP contribution in [0.2, 0.25) is 0 Å². The van der Waals surface area contributed by atoms with Crippen LogP contribution in [0.1, 0.15) is 6.92 Å². The lowest BCUT2D eigenvalue weighted by Crippen LogP contribution is -1.94. The Bertz CT molecular complexity index is 225. The number of allylic oxidation sites excluding steroid dienone is 1. The van der Waals surface area contributed by atoms with Crippen molar-refractivity contribution in [1.82, 2.24) is 0 Å². The highest BCUT2D eigenvalue weighted by molar-refractivity contribution is 7.82. The molecular formula is C4H6O4S. The molecule has 1 aliphatic rings. The van der Waals surface area contributed by atoms with Gasteiger partial charge in [0.2, 0.25) is 0 Å². The van der Waals surface area contributed by atoms with Gasteiger partial charge in [-0.15, -0.1) is 0 Å². The van der Waals surface area contributed by atoms with Crippen molar-refractivity contribution in [1.29, 1.82) is 0 Å². The molecule has 1 rings (SSSR count). The summed E-state index contributed by atoms with van der Waals surface area (Å²) in [5.41, 5.74) is 0. The van der Waals surface area contributed by atoms with Crippen molar-refractivity contribution in [2.45, 2.75) is 6.92 Å². The lowest BCUT2D eigenvalue weighted by Gasteiger charge is -1.87. The summed E-state index contributed by atoms with van der Waals surface area (Å²) in [4.78, 5) is 0. The maximum absolute atomic E-state index is 10.3. The Kier molecular flexibility index (Phi) is 1.46. The highest BCUT2D eigenvalue weighted by atomic mass is 32.3. The minimum atomic E-state index is -3.68. The van der Waals surface area contributed by atoms with Crippen LogP contribution >= 0.6 is 0 Å². The summed E-state index contributed by atoms with van der Waals surface area (Å²) in [6.07, 6.45) is 1.55. The van der Waals surface area contributed by atoms with Crippen molar-refractivity contribution in [2.24, 2.45) is 0 Å². The third-order valence-corrected chi connectivity index (χ3v) is 1.70. The van der Waals surface area contributed by atoms with E-state index in [9.17, 15) is 8.42 Å². The Morgan fingerprint density at radius 2 is 2.33 bits per heavy atom. The first-order valence-corrected chi connectivity index (χ1v) is 3.71. The van der Waals surface area contributed by atoms with Gasteiger partial charge in [-0.3, -0.25) is 0 Å². The predicted octanol–water partition coefficient (Wildman–Crippen LogP) is 0.182. The molecule has 52 valence electrons. The van der Waals surface area contributed by atoms with Crippen molar-refractivity contribution in [2.75, 3.05) is 6.61 Å². The summed E-state index contributed by atoms with van der Waals surface area (Å²) in [6, 6.07) is 0. The zero-order valence-electron chi connectivity index (χ0n) is 4.83. The first-order chi connectivity index (χ1) is 4.14. The molecule has 0 aromatic rings. The van der Waals surface area contributed by atoms with Gasteiger partial charge in [0.15, 0.2) is 0 Å². The molecular weight excluding hydrogens is 144 g/mol. The number of hydrogen-bond acceptors (Lipinski definition) is 4. The molecule has 0 aromatic carbocycles. The average Bonchev–Trinajstić information content (AvgIpc) is 2.10. The van der Waals surface area contributed by atoms with Crippen molar-refractivity contribution in [3.63, 3.8) is 0 Å². The van der Waals surface area contributed by atoms with E-state index in [-0.39, 0.29) is 6.61 Å². The van der Waals surface area contributed by atoms with E-state index >= 15 is 0 Å². The summed E-state index contributed by atoms with van der Waals surface area (Å²) in [6.45, 7) is 1.71. The molecule has 4 nitrogen and oxygen atoms in total. The quantitative estimate of drug-likeness (QED) is 0.494. The van der Waals surface area contributed by atoms with Crippen molar-refractivity contribution < 1.29 is 16.8 Å². The van der Waals surface area contributed by atoms with Crippen LogP contribution in [0.4, 0.5) is 0 Å². The SMILES string of the molecule is C/C=C1\COS(=O)(=O)O1. The summed E-state index contributed by atoms with van der Waals surface area (Å²) in [5, 5.41) is 0. The standard InChI is InChI=1S/C4H6O4S/c1-2-4-3-7-9(5,6)8-4/h2H,3H2,1H3/b4-2+. The number of rotatable bonds is 0. The lowest BCUT2D eigenvalue weighted by atomic mass is 10.5. The van der Waals surface area contributed by atoms with Gasteiger partial charge < -0.3 is 4.18 Å². The van der Waals surface area contributed by atoms with Gasteiger partial charge in [0, 0.05) is 0 Å². The second kappa shape index (κ2) is 2.00. The summed E-state index contributed by atoms with van der Waals surface area (Å²) >= 11 is 0. The van der Waals surface area contributed by atoms with Crippen LogP contribution in [0.15, 0.2) is 11.8 Å². The fourth-order valence-corrected chi connectivity index (χ4v) is 1.16. The molecule has 0 unspecified atom stereocenters. The van der Waals surface area contributed by atoms with E-state index in [1.807, 2.05) is 0 Å². The third kappa shape index (κ3) is 1.43. The molecule has 0 atom stereocenters. The first-order valence-electron chi connectivity index (χ1n) is 2.38. The Morgan fingerprint density at radius 1 is 1.67 bits per heavy atom. The van der Waals surface area contributed by atoms with Crippen molar-refractivity contribution in [3.05, 3.63) is 11.8 Å². The molecule has 0 radical (unpaired) electrons. The minimum absolute atomic E-state index is 0.0266. The molecule has 0 aliphatic carbocycles. The monoisotopic (exact) mass is 150 g/mol. The van der Waals surface area contributed by atoms with Crippen LogP contribution < -0.4 is 0 Å². The topological polar surface area (TPSA) is 52.6 Å². The predicted molar refractivity (Wildman–Crippen MR) is 29.7 cm³/mol. The average molecular weight is 150 g/mol. The molecule has 9 heavy (non-hydrogen) atoms. The highest BCUT2D eigenvalue weighted by Crippen LogP contribution is 2.14. The van der Waals surface area contributed by atoms with E-state index in [0.717, 1.165) is 0 Å².